The molecule has 2 fully saturated rings. The summed E-state index contributed by atoms with van der Waals surface area (Å²) < 4.78 is 5.33. The van der Waals surface area contributed by atoms with Crippen LogP contribution in [-0.4, -0.2) is 49.7 Å². The lowest BCUT2D eigenvalue weighted by Crippen LogP contribution is -2.60. The van der Waals surface area contributed by atoms with Crippen LogP contribution in [0.25, 0.3) is 0 Å². The molecule has 4 nitrogen and oxygen atoms in total. The summed E-state index contributed by atoms with van der Waals surface area (Å²) in [6.45, 7) is 7.66. The quantitative estimate of drug-likeness (QED) is 0.713. The van der Waals surface area contributed by atoms with Crippen molar-refractivity contribution in [1.29, 1.82) is 0 Å². The van der Waals surface area contributed by atoms with E-state index in [1.165, 1.54) is 12.8 Å². The van der Waals surface area contributed by atoms with Crippen molar-refractivity contribution in [2.24, 2.45) is 11.8 Å². The lowest BCUT2D eigenvalue weighted by atomic mass is 9.92. The van der Waals surface area contributed by atoms with E-state index >= 15 is 0 Å². The number of nitrogens with zero attached hydrogens (tertiary/aromatic N) is 1. The highest BCUT2D eigenvalue weighted by Crippen LogP contribution is 2.41. The van der Waals surface area contributed by atoms with E-state index in [1.54, 1.807) is 0 Å². The number of ether oxygens (including phenoxy) is 1. The summed E-state index contributed by atoms with van der Waals surface area (Å²) in [7, 11) is 1.91. The first kappa shape index (κ1) is 14.8. The Balaban J connectivity index is 2.03. The Bertz CT molecular complexity index is 317. The number of hydrogen-bond acceptors (Lipinski definition) is 4. The van der Waals surface area contributed by atoms with Gasteiger partial charge in [0.25, 0.3) is 0 Å². The van der Waals surface area contributed by atoms with Crippen LogP contribution < -0.4 is 5.32 Å². The van der Waals surface area contributed by atoms with E-state index in [2.05, 4.69) is 17.1 Å². The lowest BCUT2D eigenvalue weighted by molar-refractivity contribution is -0.153. The standard InChI is InChI=1S/C15H28N2O2/c1-4-12-8-9-17(10-12)11-15(16-3,13-6-7-13)14(18)19-5-2/h12-13,16H,4-11H2,1-3H3. The molecular weight excluding hydrogens is 240 g/mol. The van der Waals surface area contributed by atoms with E-state index in [0.717, 1.165) is 38.4 Å². The maximum absolute atomic E-state index is 12.4. The lowest BCUT2D eigenvalue weighted by Gasteiger charge is -2.35. The van der Waals surface area contributed by atoms with Gasteiger partial charge in [-0.1, -0.05) is 13.3 Å². The van der Waals surface area contributed by atoms with Crippen LogP contribution in [0.4, 0.5) is 0 Å². The Hall–Kier alpha value is -0.610. The molecule has 1 heterocycles. The molecule has 0 bridgehead atoms. The van der Waals surface area contributed by atoms with Gasteiger partial charge in [0.15, 0.2) is 0 Å². The summed E-state index contributed by atoms with van der Waals surface area (Å²) in [5.41, 5.74) is -0.474. The summed E-state index contributed by atoms with van der Waals surface area (Å²) in [6.07, 6.45) is 4.80. The summed E-state index contributed by atoms with van der Waals surface area (Å²) in [6, 6.07) is 0. The zero-order valence-corrected chi connectivity index (χ0v) is 12.6. The molecule has 2 unspecified atom stereocenters. The van der Waals surface area contributed by atoms with Gasteiger partial charge in [-0.25, -0.2) is 4.79 Å². The van der Waals surface area contributed by atoms with Crippen molar-refractivity contribution in [3.63, 3.8) is 0 Å². The third-order valence-electron chi connectivity index (χ3n) is 4.78. The van der Waals surface area contributed by atoms with Gasteiger partial charge >= 0.3 is 5.97 Å². The Morgan fingerprint density at radius 2 is 2.11 bits per heavy atom. The van der Waals surface area contributed by atoms with Crippen LogP contribution >= 0.6 is 0 Å². The Kier molecular flexibility index (Phi) is 4.85. The maximum Gasteiger partial charge on any atom is 0.327 e. The first-order valence-electron chi connectivity index (χ1n) is 7.74. The third-order valence-corrected chi connectivity index (χ3v) is 4.78. The summed E-state index contributed by atoms with van der Waals surface area (Å²) in [5.74, 6) is 1.20. The molecule has 1 saturated carbocycles. The van der Waals surface area contributed by atoms with Crippen LogP contribution in [0.3, 0.4) is 0 Å². The minimum atomic E-state index is -0.474. The van der Waals surface area contributed by atoms with Gasteiger partial charge in [-0.2, -0.15) is 0 Å². The average molecular weight is 268 g/mol. The van der Waals surface area contributed by atoms with Crippen LogP contribution in [0.15, 0.2) is 0 Å². The molecule has 2 rings (SSSR count). The minimum absolute atomic E-state index is 0.0556. The zero-order valence-electron chi connectivity index (χ0n) is 12.6. The molecular formula is C15H28N2O2. The average Bonchev–Trinajstić information content (AvgIpc) is 3.17. The SMILES string of the molecule is CCOC(=O)C(CN1CCC(CC)C1)(NC)C1CC1. The molecule has 1 saturated heterocycles. The van der Waals surface area contributed by atoms with Gasteiger partial charge in [0.05, 0.1) is 6.61 Å². The number of likely N-dealkylation sites (tertiary alicyclic amines) is 1. The molecule has 19 heavy (non-hydrogen) atoms. The maximum atomic E-state index is 12.4. The number of nitrogens with one attached hydrogen (secondary N) is 1. The Labute approximate surface area is 116 Å². The Morgan fingerprint density at radius 1 is 1.37 bits per heavy atom. The van der Waals surface area contributed by atoms with Gasteiger partial charge < -0.3 is 15.0 Å². The second kappa shape index (κ2) is 6.23. The van der Waals surface area contributed by atoms with Gasteiger partial charge in [-0.3, -0.25) is 0 Å². The molecule has 2 atom stereocenters. The predicted octanol–water partition coefficient (Wildman–Crippen LogP) is 1.65. The van der Waals surface area contributed by atoms with E-state index in [1.807, 2.05) is 14.0 Å². The van der Waals surface area contributed by atoms with Crippen LogP contribution in [0, 0.1) is 11.8 Å². The fraction of sp³-hybridized carbons (Fsp3) is 0.933. The highest BCUT2D eigenvalue weighted by molar-refractivity contribution is 5.82. The van der Waals surface area contributed by atoms with E-state index in [0.29, 0.717) is 12.5 Å². The summed E-state index contributed by atoms with van der Waals surface area (Å²) >= 11 is 0. The normalized spacial score (nSPS) is 27.2. The van der Waals surface area contributed by atoms with Crippen molar-refractivity contribution >= 4 is 5.97 Å². The molecule has 0 aromatic carbocycles. The highest BCUT2D eigenvalue weighted by atomic mass is 16.5. The molecule has 0 radical (unpaired) electrons. The van der Waals surface area contributed by atoms with Crippen LogP contribution in [0.2, 0.25) is 0 Å². The topological polar surface area (TPSA) is 41.6 Å². The molecule has 0 spiro atoms. The van der Waals surface area contributed by atoms with Crippen molar-refractivity contribution in [2.45, 2.75) is 45.1 Å². The molecule has 1 aliphatic carbocycles. The van der Waals surface area contributed by atoms with Crippen LogP contribution in [-0.2, 0) is 9.53 Å². The summed E-state index contributed by atoms with van der Waals surface area (Å²) in [5, 5.41) is 3.31. The number of carbonyl (C=O) groups excluding carboxylic acids is 1. The van der Waals surface area contributed by atoms with E-state index in [-0.39, 0.29) is 5.97 Å². The van der Waals surface area contributed by atoms with Crippen molar-refractivity contribution in [3.05, 3.63) is 0 Å². The van der Waals surface area contributed by atoms with Gasteiger partial charge in [0.2, 0.25) is 0 Å². The van der Waals surface area contributed by atoms with Gasteiger partial charge in [0, 0.05) is 13.1 Å². The number of likely N-dealkylation sites (N-methyl/N-ethyl adjacent to an activating group) is 1. The predicted molar refractivity (Wildman–Crippen MR) is 76.0 cm³/mol. The number of esters is 1. The zero-order chi connectivity index (χ0) is 13.9. The molecule has 1 N–H and O–H groups in total. The van der Waals surface area contributed by atoms with Gasteiger partial charge in [-0.15, -0.1) is 0 Å². The fourth-order valence-corrected chi connectivity index (χ4v) is 3.32. The monoisotopic (exact) mass is 268 g/mol. The molecule has 0 aromatic rings. The molecule has 2 aliphatic rings. The molecule has 0 aromatic heterocycles. The first-order valence-corrected chi connectivity index (χ1v) is 7.74. The van der Waals surface area contributed by atoms with Crippen molar-refractivity contribution in [1.82, 2.24) is 10.2 Å². The smallest absolute Gasteiger partial charge is 0.327 e. The minimum Gasteiger partial charge on any atom is -0.465 e. The largest absolute Gasteiger partial charge is 0.465 e. The van der Waals surface area contributed by atoms with E-state index in [4.69, 9.17) is 4.74 Å². The van der Waals surface area contributed by atoms with Crippen LogP contribution in [0.5, 0.6) is 0 Å². The molecule has 4 heteroatoms. The number of carbonyl (C=O) groups is 1. The fourth-order valence-electron chi connectivity index (χ4n) is 3.32. The second-order valence-electron chi connectivity index (χ2n) is 6.01. The van der Waals surface area contributed by atoms with Crippen molar-refractivity contribution in [2.75, 3.05) is 33.3 Å². The first-order chi connectivity index (χ1) is 9.16. The van der Waals surface area contributed by atoms with Crippen LogP contribution in [0.1, 0.15) is 39.5 Å². The van der Waals surface area contributed by atoms with E-state index in [9.17, 15) is 4.79 Å². The second-order valence-corrected chi connectivity index (χ2v) is 6.01. The van der Waals surface area contributed by atoms with Gasteiger partial charge in [-0.05, 0) is 51.6 Å². The van der Waals surface area contributed by atoms with Crippen molar-refractivity contribution in [3.8, 4) is 0 Å². The molecule has 1 aliphatic heterocycles. The highest BCUT2D eigenvalue weighted by Gasteiger charge is 2.52. The molecule has 0 amide bonds. The third kappa shape index (κ3) is 3.11. The number of rotatable bonds is 7. The summed E-state index contributed by atoms with van der Waals surface area (Å²) in [4.78, 5) is 14.8. The van der Waals surface area contributed by atoms with Gasteiger partial charge in [0.1, 0.15) is 5.54 Å². The van der Waals surface area contributed by atoms with Crippen molar-refractivity contribution < 1.29 is 9.53 Å². The number of hydrogen-bond donors (Lipinski definition) is 1. The van der Waals surface area contributed by atoms with E-state index < -0.39 is 5.54 Å². The molecule has 110 valence electrons. The Morgan fingerprint density at radius 3 is 2.58 bits per heavy atom.